The number of nitrogens with two attached hydrogens (primary N) is 1. The van der Waals surface area contributed by atoms with Gasteiger partial charge in [-0.05, 0) is 38.0 Å². The Labute approximate surface area is 151 Å². The summed E-state index contributed by atoms with van der Waals surface area (Å²) in [6.07, 6.45) is 1.32. The Morgan fingerprint density at radius 1 is 1.19 bits per heavy atom. The van der Waals surface area contributed by atoms with Gasteiger partial charge in [-0.3, -0.25) is 10.1 Å². The SMILES string of the molecule is C[C@H](OC(=O)c1cccc(S(=O)(=O)N2CCCCC2)c1)C(=O)NC(N)=O. The van der Waals surface area contributed by atoms with Crippen LogP contribution in [0.3, 0.4) is 0 Å². The number of carbonyl (C=O) groups is 3. The monoisotopic (exact) mass is 383 g/mol. The van der Waals surface area contributed by atoms with E-state index in [0.29, 0.717) is 13.1 Å². The van der Waals surface area contributed by atoms with Crippen LogP contribution < -0.4 is 11.1 Å². The van der Waals surface area contributed by atoms with Gasteiger partial charge in [0.05, 0.1) is 10.5 Å². The third-order valence-corrected chi connectivity index (χ3v) is 5.82. The zero-order valence-corrected chi connectivity index (χ0v) is 15.1. The molecule has 3 N–H and O–H groups in total. The van der Waals surface area contributed by atoms with E-state index < -0.39 is 34.0 Å². The molecule has 0 bridgehead atoms. The number of nitrogens with one attached hydrogen (secondary N) is 1. The summed E-state index contributed by atoms with van der Waals surface area (Å²) in [7, 11) is -3.69. The van der Waals surface area contributed by atoms with Crippen molar-refractivity contribution < 1.29 is 27.5 Å². The van der Waals surface area contributed by atoms with E-state index in [9.17, 15) is 22.8 Å². The van der Waals surface area contributed by atoms with Crippen LogP contribution in [0.15, 0.2) is 29.2 Å². The standard InChI is InChI=1S/C16H21N3O6S/c1-11(14(20)18-16(17)22)25-15(21)12-6-5-7-13(10-12)26(23,24)19-8-3-2-4-9-19/h5-7,10-11H,2-4,8-9H2,1H3,(H3,17,18,20,22)/t11-/m0/s1. The Kier molecular flexibility index (Phi) is 6.32. The molecule has 0 radical (unpaired) electrons. The molecule has 3 amide bonds. The highest BCUT2D eigenvalue weighted by Gasteiger charge is 2.27. The van der Waals surface area contributed by atoms with Crippen LogP contribution in [0.5, 0.6) is 0 Å². The Morgan fingerprint density at radius 2 is 1.85 bits per heavy atom. The van der Waals surface area contributed by atoms with Crippen molar-refractivity contribution in [3.63, 3.8) is 0 Å². The van der Waals surface area contributed by atoms with Gasteiger partial charge in [0.25, 0.3) is 5.91 Å². The second kappa shape index (κ2) is 8.28. The van der Waals surface area contributed by atoms with Gasteiger partial charge in [-0.15, -0.1) is 0 Å². The van der Waals surface area contributed by atoms with Gasteiger partial charge in [-0.25, -0.2) is 18.0 Å². The van der Waals surface area contributed by atoms with E-state index in [1.54, 1.807) is 5.32 Å². The summed E-state index contributed by atoms with van der Waals surface area (Å²) in [6.45, 7) is 2.16. The van der Waals surface area contributed by atoms with E-state index in [4.69, 9.17) is 10.5 Å². The second-order valence-electron chi connectivity index (χ2n) is 5.89. The number of ether oxygens (including phenoxy) is 1. The first kappa shape index (κ1) is 19.9. The highest BCUT2D eigenvalue weighted by atomic mass is 32.2. The summed E-state index contributed by atoms with van der Waals surface area (Å²) in [4.78, 5) is 34.4. The third kappa shape index (κ3) is 4.79. The molecule has 0 spiro atoms. The van der Waals surface area contributed by atoms with Gasteiger partial charge in [-0.2, -0.15) is 4.31 Å². The predicted molar refractivity (Wildman–Crippen MR) is 91.7 cm³/mol. The summed E-state index contributed by atoms with van der Waals surface area (Å²) in [5, 5.41) is 1.80. The molecular weight excluding hydrogens is 362 g/mol. The van der Waals surface area contributed by atoms with Crippen LogP contribution in [0.2, 0.25) is 0 Å². The number of piperidine rings is 1. The van der Waals surface area contributed by atoms with Gasteiger partial charge < -0.3 is 10.5 Å². The minimum absolute atomic E-state index is 0.0110. The number of hydrogen-bond acceptors (Lipinski definition) is 6. The van der Waals surface area contributed by atoms with E-state index in [1.807, 2.05) is 0 Å². The van der Waals surface area contributed by atoms with Crippen molar-refractivity contribution in [1.29, 1.82) is 0 Å². The number of imide groups is 1. The van der Waals surface area contributed by atoms with Crippen molar-refractivity contribution in [1.82, 2.24) is 9.62 Å². The summed E-state index contributed by atoms with van der Waals surface area (Å²) in [5.74, 6) is -1.75. The van der Waals surface area contributed by atoms with Crippen molar-refractivity contribution in [2.24, 2.45) is 5.73 Å². The van der Waals surface area contributed by atoms with E-state index in [2.05, 4.69) is 0 Å². The van der Waals surface area contributed by atoms with Crippen LogP contribution in [0.4, 0.5) is 4.79 Å². The molecule has 1 aliphatic rings. The molecule has 0 unspecified atom stereocenters. The van der Waals surface area contributed by atoms with Crippen molar-refractivity contribution in [3.05, 3.63) is 29.8 Å². The molecule has 1 aliphatic heterocycles. The number of primary amides is 1. The maximum absolute atomic E-state index is 12.7. The van der Waals surface area contributed by atoms with E-state index in [1.165, 1.54) is 35.5 Å². The summed E-state index contributed by atoms with van der Waals surface area (Å²) in [5.41, 5.74) is 4.82. The average Bonchev–Trinajstić information content (AvgIpc) is 2.62. The summed E-state index contributed by atoms with van der Waals surface area (Å²) < 4.78 is 31.7. The first-order chi connectivity index (χ1) is 12.2. The minimum Gasteiger partial charge on any atom is -0.449 e. The Balaban J connectivity index is 2.14. The molecule has 0 aromatic heterocycles. The lowest BCUT2D eigenvalue weighted by molar-refractivity contribution is -0.127. The molecule has 1 atom stereocenters. The topological polar surface area (TPSA) is 136 Å². The molecule has 10 heteroatoms. The number of esters is 1. The Hall–Kier alpha value is -2.46. The van der Waals surface area contributed by atoms with Crippen molar-refractivity contribution in [3.8, 4) is 0 Å². The normalized spacial score (nSPS) is 16.5. The van der Waals surface area contributed by atoms with Gasteiger partial charge in [-0.1, -0.05) is 12.5 Å². The van der Waals surface area contributed by atoms with Crippen LogP contribution in [0.1, 0.15) is 36.5 Å². The largest absolute Gasteiger partial charge is 0.449 e. The second-order valence-corrected chi connectivity index (χ2v) is 7.83. The quantitative estimate of drug-likeness (QED) is 0.715. The average molecular weight is 383 g/mol. The lowest BCUT2D eigenvalue weighted by atomic mass is 10.2. The number of urea groups is 1. The fourth-order valence-electron chi connectivity index (χ4n) is 2.54. The number of hydrogen-bond donors (Lipinski definition) is 2. The molecular formula is C16H21N3O6S. The molecule has 26 heavy (non-hydrogen) atoms. The van der Waals surface area contributed by atoms with Crippen LogP contribution in [0, 0.1) is 0 Å². The van der Waals surface area contributed by atoms with Gasteiger partial charge in [0.2, 0.25) is 10.0 Å². The zero-order chi connectivity index (χ0) is 19.3. The Morgan fingerprint density at radius 3 is 2.46 bits per heavy atom. The lowest BCUT2D eigenvalue weighted by Gasteiger charge is -2.26. The predicted octanol–water partition coefficient (Wildman–Crippen LogP) is 0.601. The van der Waals surface area contributed by atoms with Crippen LogP contribution in [-0.4, -0.2) is 49.8 Å². The molecule has 0 aliphatic carbocycles. The summed E-state index contributed by atoms with van der Waals surface area (Å²) in [6, 6.07) is 4.37. The molecule has 1 fully saturated rings. The number of rotatable bonds is 5. The zero-order valence-electron chi connectivity index (χ0n) is 14.3. The van der Waals surface area contributed by atoms with Crippen LogP contribution >= 0.6 is 0 Å². The van der Waals surface area contributed by atoms with E-state index >= 15 is 0 Å². The summed E-state index contributed by atoms with van der Waals surface area (Å²) >= 11 is 0. The molecule has 1 aromatic rings. The fraction of sp³-hybridized carbons (Fsp3) is 0.438. The number of amides is 3. The van der Waals surface area contributed by atoms with Crippen molar-refractivity contribution >= 4 is 27.9 Å². The molecule has 9 nitrogen and oxygen atoms in total. The first-order valence-corrected chi connectivity index (χ1v) is 9.57. The highest BCUT2D eigenvalue weighted by Crippen LogP contribution is 2.21. The van der Waals surface area contributed by atoms with Gasteiger partial charge in [0.15, 0.2) is 6.10 Å². The van der Waals surface area contributed by atoms with E-state index in [-0.39, 0.29) is 10.5 Å². The number of nitrogens with zero attached hydrogens (tertiary/aromatic N) is 1. The fourth-order valence-corrected chi connectivity index (χ4v) is 4.11. The molecule has 1 aromatic carbocycles. The van der Waals surface area contributed by atoms with Gasteiger partial charge in [0.1, 0.15) is 0 Å². The molecule has 2 rings (SSSR count). The van der Waals surface area contributed by atoms with Gasteiger partial charge >= 0.3 is 12.0 Å². The molecule has 142 valence electrons. The van der Waals surface area contributed by atoms with E-state index in [0.717, 1.165) is 19.3 Å². The highest BCUT2D eigenvalue weighted by molar-refractivity contribution is 7.89. The number of sulfonamides is 1. The lowest BCUT2D eigenvalue weighted by Crippen LogP contribution is -2.42. The molecule has 1 heterocycles. The maximum Gasteiger partial charge on any atom is 0.338 e. The van der Waals surface area contributed by atoms with Crippen molar-refractivity contribution in [2.75, 3.05) is 13.1 Å². The van der Waals surface area contributed by atoms with Crippen LogP contribution in [0.25, 0.3) is 0 Å². The third-order valence-electron chi connectivity index (χ3n) is 3.92. The Bertz CT molecular complexity index is 802. The van der Waals surface area contributed by atoms with Crippen molar-refractivity contribution in [2.45, 2.75) is 37.2 Å². The molecule has 1 saturated heterocycles. The van der Waals surface area contributed by atoms with Crippen LogP contribution in [-0.2, 0) is 19.6 Å². The number of benzene rings is 1. The maximum atomic E-state index is 12.7. The van der Waals surface area contributed by atoms with Gasteiger partial charge in [0, 0.05) is 13.1 Å². The minimum atomic E-state index is -3.69. The first-order valence-electron chi connectivity index (χ1n) is 8.13. The smallest absolute Gasteiger partial charge is 0.338 e. The molecule has 0 saturated carbocycles. The number of carbonyl (C=O) groups excluding carboxylic acids is 3.